The van der Waals surface area contributed by atoms with Crippen molar-refractivity contribution in [2.45, 2.75) is 50.9 Å². The van der Waals surface area contributed by atoms with Crippen molar-refractivity contribution in [3.05, 3.63) is 90.0 Å². The summed E-state index contributed by atoms with van der Waals surface area (Å²) in [4.78, 5) is 0. The molecular weight excluding hydrogens is 446 g/mol. The zero-order valence-corrected chi connectivity index (χ0v) is 21.1. The molecule has 0 saturated heterocycles. The van der Waals surface area contributed by atoms with Crippen molar-refractivity contribution in [1.82, 2.24) is 0 Å². The molecule has 5 heteroatoms. The number of nitriles is 1. The Morgan fingerprint density at radius 2 is 1.39 bits per heavy atom. The van der Waals surface area contributed by atoms with Gasteiger partial charge in [0.1, 0.15) is 11.9 Å². The monoisotopic (exact) mass is 475 g/mol. The molecule has 33 heavy (non-hydrogen) atoms. The third-order valence-corrected chi connectivity index (χ3v) is 11.8. The van der Waals surface area contributed by atoms with Gasteiger partial charge in [-0.25, -0.2) is 0 Å². The topological polar surface area (TPSA) is 42.2 Å². The van der Waals surface area contributed by atoms with Crippen LogP contribution in [0.3, 0.4) is 0 Å². The number of nitrogens with zero attached hydrogens (tertiary/aromatic N) is 1. The Bertz CT molecular complexity index is 1050. The van der Waals surface area contributed by atoms with Gasteiger partial charge in [-0.3, -0.25) is 0 Å². The Labute approximate surface area is 203 Å². The maximum absolute atomic E-state index is 9.87. The lowest BCUT2D eigenvalue weighted by Gasteiger charge is -2.44. The smallest absolute Gasteiger partial charge is 0.261 e. The van der Waals surface area contributed by atoms with Crippen LogP contribution in [0.5, 0.6) is 5.75 Å². The van der Waals surface area contributed by atoms with E-state index in [1.54, 1.807) is 0 Å². The highest BCUT2D eigenvalue weighted by Gasteiger charge is 2.53. The molecule has 1 aliphatic carbocycles. The number of rotatable bonds is 6. The maximum atomic E-state index is 9.87. The van der Waals surface area contributed by atoms with Crippen LogP contribution in [0, 0.1) is 17.2 Å². The molecule has 3 nitrogen and oxygen atoms in total. The highest BCUT2D eigenvalue weighted by molar-refractivity contribution is 6.99. The van der Waals surface area contributed by atoms with E-state index in [0.29, 0.717) is 17.9 Å². The third-order valence-electron chi connectivity index (χ3n) is 6.49. The van der Waals surface area contributed by atoms with E-state index in [4.69, 9.17) is 20.8 Å². The molecule has 0 heterocycles. The fourth-order valence-corrected chi connectivity index (χ4v) is 9.78. The summed E-state index contributed by atoms with van der Waals surface area (Å²) in [5.74, 6) is 0.514. The fourth-order valence-electron chi connectivity index (χ4n) is 4.95. The summed E-state index contributed by atoms with van der Waals surface area (Å²) in [5.41, 5.74) is 0. The third kappa shape index (κ3) is 4.87. The SMILES string of the molecule is CC(C)(C)[Si](O[C@H]1C[C@H](Oc2ccc(Cl)cc2)[C@@H](C#N)C1)(c1ccccc1)c1ccccc1. The van der Waals surface area contributed by atoms with Gasteiger partial charge in [0, 0.05) is 11.4 Å². The number of halogens is 1. The first-order chi connectivity index (χ1) is 15.8. The van der Waals surface area contributed by atoms with Crippen LogP contribution in [-0.4, -0.2) is 20.5 Å². The van der Waals surface area contributed by atoms with Gasteiger partial charge in [-0.15, -0.1) is 0 Å². The van der Waals surface area contributed by atoms with Crippen LogP contribution >= 0.6 is 11.6 Å². The Morgan fingerprint density at radius 3 is 1.88 bits per heavy atom. The summed E-state index contributed by atoms with van der Waals surface area (Å²) in [7, 11) is -2.67. The minimum atomic E-state index is -2.67. The minimum Gasteiger partial charge on any atom is -0.489 e. The predicted octanol–water partition coefficient (Wildman–Crippen LogP) is 5.97. The number of hydrogen-bond donors (Lipinski definition) is 0. The molecule has 0 N–H and O–H groups in total. The molecule has 3 atom stereocenters. The van der Waals surface area contributed by atoms with Crippen LogP contribution in [0.4, 0.5) is 0 Å². The van der Waals surface area contributed by atoms with Crippen LogP contribution in [-0.2, 0) is 4.43 Å². The minimum absolute atomic E-state index is 0.0572. The number of hydrogen-bond acceptors (Lipinski definition) is 3. The summed E-state index contributed by atoms with van der Waals surface area (Å²) in [5, 5.41) is 12.9. The van der Waals surface area contributed by atoms with Crippen LogP contribution in [0.1, 0.15) is 33.6 Å². The Balaban J connectivity index is 1.68. The second kappa shape index (κ2) is 9.73. The van der Waals surface area contributed by atoms with Crippen LogP contribution in [0.15, 0.2) is 84.9 Å². The van der Waals surface area contributed by atoms with Crippen LogP contribution in [0.2, 0.25) is 10.1 Å². The first-order valence-electron chi connectivity index (χ1n) is 11.4. The van der Waals surface area contributed by atoms with Gasteiger partial charge in [-0.1, -0.05) is 93.0 Å². The first-order valence-corrected chi connectivity index (χ1v) is 13.7. The van der Waals surface area contributed by atoms with Crippen molar-refractivity contribution < 1.29 is 9.16 Å². The fraction of sp³-hybridized carbons (Fsp3) is 0.321. The molecule has 170 valence electrons. The van der Waals surface area contributed by atoms with Gasteiger partial charge in [0.05, 0.1) is 18.1 Å². The number of ether oxygens (including phenoxy) is 1. The highest BCUT2D eigenvalue weighted by atomic mass is 35.5. The molecule has 0 spiro atoms. The molecule has 4 rings (SSSR count). The second-order valence-electron chi connectivity index (χ2n) is 9.72. The quantitative estimate of drug-likeness (QED) is 0.412. The van der Waals surface area contributed by atoms with Gasteiger partial charge in [0.15, 0.2) is 0 Å². The normalized spacial score (nSPS) is 20.9. The lowest BCUT2D eigenvalue weighted by molar-refractivity contribution is 0.153. The zero-order valence-electron chi connectivity index (χ0n) is 19.4. The van der Waals surface area contributed by atoms with E-state index < -0.39 is 8.32 Å². The van der Waals surface area contributed by atoms with E-state index in [9.17, 15) is 5.26 Å². The van der Waals surface area contributed by atoms with E-state index in [2.05, 4.69) is 75.4 Å². The highest BCUT2D eigenvalue weighted by Crippen LogP contribution is 2.41. The summed E-state index contributed by atoms with van der Waals surface area (Å²) < 4.78 is 13.5. The van der Waals surface area contributed by atoms with E-state index in [1.165, 1.54) is 10.4 Å². The molecule has 0 radical (unpaired) electrons. The molecule has 3 aromatic rings. The van der Waals surface area contributed by atoms with Gasteiger partial charge < -0.3 is 9.16 Å². The van der Waals surface area contributed by atoms with E-state index in [0.717, 1.165) is 5.75 Å². The average molecular weight is 476 g/mol. The van der Waals surface area contributed by atoms with Crippen molar-refractivity contribution in [2.24, 2.45) is 5.92 Å². The summed E-state index contributed by atoms with van der Waals surface area (Å²) in [6, 6.07) is 31.0. The van der Waals surface area contributed by atoms with Gasteiger partial charge in [-0.05, 0) is 46.1 Å². The van der Waals surface area contributed by atoms with Gasteiger partial charge in [0.25, 0.3) is 8.32 Å². The van der Waals surface area contributed by atoms with Gasteiger partial charge in [-0.2, -0.15) is 5.26 Å². The summed E-state index contributed by atoms with van der Waals surface area (Å²) in [6.45, 7) is 6.83. The van der Waals surface area contributed by atoms with Gasteiger partial charge >= 0.3 is 0 Å². The van der Waals surface area contributed by atoms with Crippen LogP contribution in [0.25, 0.3) is 0 Å². The predicted molar refractivity (Wildman–Crippen MR) is 137 cm³/mol. The lowest BCUT2D eigenvalue weighted by Crippen LogP contribution is -2.67. The van der Waals surface area contributed by atoms with Gasteiger partial charge in [0.2, 0.25) is 0 Å². The Kier molecular flexibility index (Phi) is 6.95. The number of benzene rings is 3. The molecule has 0 amide bonds. The van der Waals surface area contributed by atoms with E-state index in [-0.39, 0.29) is 23.2 Å². The van der Waals surface area contributed by atoms with Crippen molar-refractivity contribution in [2.75, 3.05) is 0 Å². The first kappa shape index (κ1) is 23.6. The van der Waals surface area contributed by atoms with Crippen molar-refractivity contribution in [3.63, 3.8) is 0 Å². The van der Waals surface area contributed by atoms with Crippen LogP contribution < -0.4 is 15.1 Å². The zero-order chi connectivity index (χ0) is 23.5. The molecule has 0 aliphatic heterocycles. The van der Waals surface area contributed by atoms with E-state index in [1.807, 2.05) is 36.4 Å². The molecular formula is C28H30ClNO2Si. The summed E-state index contributed by atoms with van der Waals surface area (Å²) >= 11 is 6.02. The standard InChI is InChI=1S/C28H30ClNO2Si/c1-28(2,3)33(25-10-6-4-7-11-25,26-12-8-5-9-13-26)32-24-18-21(20-30)27(19-24)31-23-16-14-22(29)15-17-23/h4-17,21,24,27H,18-19H2,1-3H3/t21-,24-,27+/m1/s1. The molecule has 3 aromatic carbocycles. The molecule has 1 saturated carbocycles. The average Bonchev–Trinajstić information content (AvgIpc) is 3.20. The largest absolute Gasteiger partial charge is 0.489 e. The molecule has 1 aliphatic rings. The second-order valence-corrected chi connectivity index (χ2v) is 14.4. The van der Waals surface area contributed by atoms with E-state index >= 15 is 0 Å². The van der Waals surface area contributed by atoms with Crippen molar-refractivity contribution in [3.8, 4) is 11.8 Å². The van der Waals surface area contributed by atoms with Crippen molar-refractivity contribution >= 4 is 30.3 Å². The lowest BCUT2D eigenvalue weighted by atomic mass is 10.1. The molecule has 0 unspecified atom stereocenters. The molecule has 0 bridgehead atoms. The Hall–Kier alpha value is -2.58. The van der Waals surface area contributed by atoms with Crippen molar-refractivity contribution in [1.29, 1.82) is 5.26 Å². The molecule has 1 fully saturated rings. The molecule has 0 aromatic heterocycles. The Morgan fingerprint density at radius 1 is 0.848 bits per heavy atom. The maximum Gasteiger partial charge on any atom is 0.261 e. The summed E-state index contributed by atoms with van der Waals surface area (Å²) in [6.07, 6.45) is 1.09.